The molecule has 2 nitrogen and oxygen atoms in total. The number of hydrogen-bond donors (Lipinski definition) is 2. The average Bonchev–Trinajstić information content (AvgIpc) is 2.51. The fourth-order valence-electron chi connectivity index (χ4n) is 5.98. The summed E-state index contributed by atoms with van der Waals surface area (Å²) in [5.74, 6) is 3.50. The van der Waals surface area contributed by atoms with Crippen molar-refractivity contribution in [3.63, 3.8) is 0 Å². The molecule has 4 aliphatic rings. The van der Waals surface area contributed by atoms with Gasteiger partial charge in [-0.1, -0.05) is 30.3 Å². The van der Waals surface area contributed by atoms with Crippen molar-refractivity contribution in [2.24, 2.45) is 23.7 Å². The van der Waals surface area contributed by atoms with Gasteiger partial charge in [-0.05, 0) is 74.8 Å². The van der Waals surface area contributed by atoms with E-state index in [0.717, 1.165) is 35.7 Å². The SMILES string of the molecule is CNC1(CC(O)c2ccccc2)C2CC3CC(C2)CC1C3. The Balaban J connectivity index is 1.59. The molecule has 0 heterocycles. The Kier molecular flexibility index (Phi) is 3.35. The number of hydrogen-bond acceptors (Lipinski definition) is 2. The first-order valence-corrected chi connectivity index (χ1v) is 8.63. The van der Waals surface area contributed by atoms with E-state index in [4.69, 9.17) is 0 Å². The molecule has 4 aliphatic carbocycles. The van der Waals surface area contributed by atoms with Gasteiger partial charge in [-0.3, -0.25) is 0 Å². The van der Waals surface area contributed by atoms with Crippen LogP contribution in [0.2, 0.25) is 0 Å². The molecule has 4 fully saturated rings. The molecule has 1 atom stereocenters. The molecule has 5 rings (SSSR count). The van der Waals surface area contributed by atoms with Gasteiger partial charge >= 0.3 is 0 Å². The maximum absolute atomic E-state index is 10.8. The second-order valence-corrected chi connectivity index (χ2v) is 7.73. The monoisotopic (exact) mass is 285 g/mol. The predicted molar refractivity (Wildman–Crippen MR) is 84.9 cm³/mol. The number of rotatable bonds is 4. The van der Waals surface area contributed by atoms with Crippen LogP contribution in [-0.4, -0.2) is 17.7 Å². The van der Waals surface area contributed by atoms with E-state index in [1.807, 2.05) is 18.2 Å². The Labute approximate surface area is 128 Å². The van der Waals surface area contributed by atoms with Gasteiger partial charge in [-0.2, -0.15) is 0 Å². The van der Waals surface area contributed by atoms with Gasteiger partial charge in [0.2, 0.25) is 0 Å². The second kappa shape index (κ2) is 5.10. The maximum atomic E-state index is 10.8. The van der Waals surface area contributed by atoms with Crippen molar-refractivity contribution in [3.8, 4) is 0 Å². The van der Waals surface area contributed by atoms with Crippen LogP contribution in [-0.2, 0) is 0 Å². The molecule has 1 aromatic carbocycles. The summed E-state index contributed by atoms with van der Waals surface area (Å²) in [5, 5.41) is 14.5. The molecule has 0 radical (unpaired) electrons. The number of benzene rings is 1. The summed E-state index contributed by atoms with van der Waals surface area (Å²) < 4.78 is 0. The summed E-state index contributed by atoms with van der Waals surface area (Å²) in [4.78, 5) is 0. The Bertz CT molecular complexity index is 470. The van der Waals surface area contributed by atoms with Crippen LogP contribution >= 0.6 is 0 Å². The third-order valence-corrected chi connectivity index (χ3v) is 6.78. The van der Waals surface area contributed by atoms with Gasteiger partial charge in [0.1, 0.15) is 0 Å². The topological polar surface area (TPSA) is 32.3 Å². The summed E-state index contributed by atoms with van der Waals surface area (Å²) in [7, 11) is 2.12. The average molecular weight is 285 g/mol. The first-order chi connectivity index (χ1) is 10.2. The lowest BCUT2D eigenvalue weighted by Gasteiger charge is -2.62. The van der Waals surface area contributed by atoms with Crippen molar-refractivity contribution >= 4 is 0 Å². The first kappa shape index (κ1) is 13.8. The molecule has 0 aromatic heterocycles. The van der Waals surface area contributed by atoms with Crippen molar-refractivity contribution in [2.45, 2.75) is 50.2 Å². The Morgan fingerprint density at radius 2 is 1.62 bits per heavy atom. The molecule has 1 unspecified atom stereocenters. The van der Waals surface area contributed by atoms with Gasteiger partial charge in [0.15, 0.2) is 0 Å². The third-order valence-electron chi connectivity index (χ3n) is 6.78. The normalized spacial score (nSPS) is 42.2. The molecular formula is C19H27NO. The summed E-state index contributed by atoms with van der Waals surface area (Å²) >= 11 is 0. The van der Waals surface area contributed by atoms with Crippen LogP contribution in [0.3, 0.4) is 0 Å². The third kappa shape index (κ3) is 2.15. The quantitative estimate of drug-likeness (QED) is 0.887. The van der Waals surface area contributed by atoms with E-state index in [9.17, 15) is 5.11 Å². The highest BCUT2D eigenvalue weighted by atomic mass is 16.3. The van der Waals surface area contributed by atoms with Crippen LogP contribution in [0.15, 0.2) is 30.3 Å². The van der Waals surface area contributed by atoms with Crippen molar-refractivity contribution < 1.29 is 5.11 Å². The van der Waals surface area contributed by atoms with Crippen LogP contribution in [0.1, 0.15) is 50.2 Å². The van der Waals surface area contributed by atoms with E-state index in [1.54, 1.807) is 0 Å². The Morgan fingerprint density at radius 1 is 1.05 bits per heavy atom. The Morgan fingerprint density at radius 3 is 2.14 bits per heavy atom. The smallest absolute Gasteiger partial charge is 0.0807 e. The van der Waals surface area contributed by atoms with Crippen LogP contribution in [0, 0.1) is 23.7 Å². The zero-order valence-electron chi connectivity index (χ0n) is 13.0. The molecule has 0 amide bonds. The van der Waals surface area contributed by atoms with E-state index in [0.29, 0.717) is 0 Å². The molecule has 0 aliphatic heterocycles. The standard InChI is InChI=1S/C19H27NO/c1-20-19(12-18(21)15-5-3-2-4-6-15)16-8-13-7-14(10-16)11-17(19)9-13/h2-6,13-14,16-18,20-21H,7-12H2,1H3. The molecule has 0 spiro atoms. The molecule has 21 heavy (non-hydrogen) atoms. The highest BCUT2D eigenvalue weighted by Crippen LogP contribution is 2.60. The maximum Gasteiger partial charge on any atom is 0.0807 e. The van der Waals surface area contributed by atoms with Gasteiger partial charge in [-0.15, -0.1) is 0 Å². The van der Waals surface area contributed by atoms with Gasteiger partial charge in [0.25, 0.3) is 0 Å². The first-order valence-electron chi connectivity index (χ1n) is 8.63. The minimum Gasteiger partial charge on any atom is -0.388 e. The fraction of sp³-hybridized carbons (Fsp3) is 0.684. The lowest BCUT2D eigenvalue weighted by molar-refractivity contribution is -0.0891. The zero-order chi connectivity index (χ0) is 14.4. The van der Waals surface area contributed by atoms with Crippen LogP contribution in [0.4, 0.5) is 0 Å². The van der Waals surface area contributed by atoms with Gasteiger partial charge < -0.3 is 10.4 Å². The van der Waals surface area contributed by atoms with E-state index in [1.165, 1.54) is 32.1 Å². The lowest BCUT2D eigenvalue weighted by Crippen LogP contribution is -2.64. The fourth-order valence-corrected chi connectivity index (χ4v) is 5.98. The van der Waals surface area contributed by atoms with Crippen molar-refractivity contribution in [1.29, 1.82) is 0 Å². The number of aliphatic hydroxyl groups is 1. The van der Waals surface area contributed by atoms with Gasteiger partial charge in [0, 0.05) is 5.54 Å². The molecule has 1 aromatic rings. The lowest BCUT2D eigenvalue weighted by atomic mass is 9.47. The summed E-state index contributed by atoms with van der Waals surface area (Å²) in [6, 6.07) is 10.2. The van der Waals surface area contributed by atoms with Crippen molar-refractivity contribution in [3.05, 3.63) is 35.9 Å². The van der Waals surface area contributed by atoms with Crippen molar-refractivity contribution in [1.82, 2.24) is 5.32 Å². The van der Waals surface area contributed by atoms with E-state index in [-0.39, 0.29) is 11.6 Å². The molecule has 4 bridgehead atoms. The minimum absolute atomic E-state index is 0.169. The summed E-state index contributed by atoms with van der Waals surface area (Å²) in [6.07, 6.45) is 7.56. The number of nitrogens with one attached hydrogen (secondary N) is 1. The van der Waals surface area contributed by atoms with E-state index >= 15 is 0 Å². The summed E-state index contributed by atoms with van der Waals surface area (Å²) in [5.41, 5.74) is 1.24. The van der Waals surface area contributed by atoms with Crippen molar-refractivity contribution in [2.75, 3.05) is 7.05 Å². The zero-order valence-corrected chi connectivity index (χ0v) is 13.0. The molecule has 0 saturated heterocycles. The minimum atomic E-state index is -0.337. The Hall–Kier alpha value is -0.860. The molecule has 114 valence electrons. The van der Waals surface area contributed by atoms with E-state index < -0.39 is 0 Å². The number of aliphatic hydroxyl groups excluding tert-OH is 1. The highest BCUT2D eigenvalue weighted by Gasteiger charge is 2.56. The van der Waals surface area contributed by atoms with Crippen LogP contribution < -0.4 is 5.32 Å². The van der Waals surface area contributed by atoms with Crippen LogP contribution in [0.25, 0.3) is 0 Å². The summed E-state index contributed by atoms with van der Waals surface area (Å²) in [6.45, 7) is 0. The van der Waals surface area contributed by atoms with Crippen LogP contribution in [0.5, 0.6) is 0 Å². The predicted octanol–water partition coefficient (Wildman–Crippen LogP) is 3.52. The van der Waals surface area contributed by atoms with Gasteiger partial charge in [0.05, 0.1) is 6.10 Å². The van der Waals surface area contributed by atoms with E-state index in [2.05, 4.69) is 24.5 Å². The molecule has 2 N–H and O–H groups in total. The largest absolute Gasteiger partial charge is 0.388 e. The highest BCUT2D eigenvalue weighted by molar-refractivity contribution is 5.20. The second-order valence-electron chi connectivity index (χ2n) is 7.73. The van der Waals surface area contributed by atoms with Gasteiger partial charge in [-0.25, -0.2) is 0 Å². The molecular weight excluding hydrogens is 258 g/mol. The molecule has 4 saturated carbocycles. The molecule has 2 heteroatoms.